The topological polar surface area (TPSA) is 79.4 Å². The summed E-state index contributed by atoms with van der Waals surface area (Å²) in [5, 5.41) is 5.12. The van der Waals surface area contributed by atoms with Crippen molar-refractivity contribution in [3.05, 3.63) is 52.0 Å². The molecule has 1 N–H and O–H groups in total. The molecule has 1 amide bonds. The summed E-state index contributed by atoms with van der Waals surface area (Å²) in [6.07, 6.45) is 0.674. The van der Waals surface area contributed by atoms with Gasteiger partial charge in [-0.1, -0.05) is 30.3 Å². The number of benzene rings is 1. The summed E-state index contributed by atoms with van der Waals surface area (Å²) in [5.74, 6) is -0.484. The molecule has 0 aliphatic rings. The van der Waals surface area contributed by atoms with E-state index in [-0.39, 0.29) is 18.2 Å². The van der Waals surface area contributed by atoms with Crippen molar-refractivity contribution in [1.82, 2.24) is 14.6 Å². The van der Waals surface area contributed by atoms with Gasteiger partial charge in [-0.25, -0.2) is 17.7 Å². The van der Waals surface area contributed by atoms with Crippen LogP contribution in [-0.4, -0.2) is 50.0 Å². The summed E-state index contributed by atoms with van der Waals surface area (Å²) < 4.78 is 24.4. The van der Waals surface area contributed by atoms with Gasteiger partial charge in [-0.3, -0.25) is 4.79 Å². The van der Waals surface area contributed by atoms with Gasteiger partial charge in [0.05, 0.1) is 10.8 Å². The van der Waals surface area contributed by atoms with Crippen molar-refractivity contribution >= 4 is 27.3 Å². The van der Waals surface area contributed by atoms with Crippen molar-refractivity contribution in [2.24, 2.45) is 0 Å². The minimum atomic E-state index is -3.31. The van der Waals surface area contributed by atoms with E-state index in [1.54, 1.807) is 5.38 Å². The molecular weight excluding hydrogens is 334 g/mol. The highest BCUT2D eigenvalue weighted by atomic mass is 32.2. The molecule has 1 aromatic carbocycles. The Bertz CT molecular complexity index is 755. The van der Waals surface area contributed by atoms with Gasteiger partial charge in [0.15, 0.2) is 0 Å². The van der Waals surface area contributed by atoms with E-state index in [9.17, 15) is 13.2 Å². The van der Waals surface area contributed by atoms with Gasteiger partial charge in [0.2, 0.25) is 10.0 Å². The number of carbonyl (C=O) groups excluding carboxylic acids is 1. The van der Waals surface area contributed by atoms with Gasteiger partial charge in [-0.2, -0.15) is 0 Å². The number of thiazole rings is 1. The van der Waals surface area contributed by atoms with Gasteiger partial charge >= 0.3 is 0 Å². The van der Waals surface area contributed by atoms with Gasteiger partial charge in [-0.05, 0) is 5.56 Å². The molecule has 0 fully saturated rings. The third kappa shape index (κ3) is 5.12. The molecule has 0 aliphatic carbocycles. The van der Waals surface area contributed by atoms with Crippen LogP contribution in [0.5, 0.6) is 0 Å². The Morgan fingerprint density at radius 1 is 1.26 bits per heavy atom. The molecular formula is C15H19N3O3S2. The van der Waals surface area contributed by atoms with Gasteiger partial charge < -0.3 is 5.32 Å². The lowest BCUT2D eigenvalue weighted by Crippen LogP contribution is -2.34. The quantitative estimate of drug-likeness (QED) is 0.815. The average molecular weight is 353 g/mol. The number of hydrogen-bond donors (Lipinski definition) is 1. The van der Waals surface area contributed by atoms with Crippen molar-refractivity contribution < 1.29 is 13.2 Å². The van der Waals surface area contributed by atoms with E-state index in [0.717, 1.165) is 14.9 Å². The molecule has 6 nitrogen and oxygen atoms in total. The number of amides is 1. The first-order valence-corrected chi connectivity index (χ1v) is 9.54. The highest BCUT2D eigenvalue weighted by Gasteiger charge is 2.15. The van der Waals surface area contributed by atoms with Gasteiger partial charge in [0.1, 0.15) is 5.69 Å². The minimum absolute atomic E-state index is 0.0604. The van der Waals surface area contributed by atoms with Crippen molar-refractivity contribution in [2.45, 2.75) is 6.42 Å². The molecule has 2 aromatic rings. The predicted molar refractivity (Wildman–Crippen MR) is 91.2 cm³/mol. The Labute approximate surface area is 140 Å². The van der Waals surface area contributed by atoms with Crippen molar-refractivity contribution in [1.29, 1.82) is 0 Å². The van der Waals surface area contributed by atoms with E-state index < -0.39 is 10.0 Å². The van der Waals surface area contributed by atoms with Crippen LogP contribution in [0.15, 0.2) is 35.7 Å². The second-order valence-corrected chi connectivity index (χ2v) is 8.39. The number of carbonyl (C=O) groups is 1. The number of nitrogens with zero attached hydrogens (tertiary/aromatic N) is 2. The van der Waals surface area contributed by atoms with Gasteiger partial charge in [0.25, 0.3) is 5.91 Å². The first-order chi connectivity index (χ1) is 10.9. The normalized spacial score (nSPS) is 11.6. The molecule has 0 spiro atoms. The van der Waals surface area contributed by atoms with E-state index in [2.05, 4.69) is 10.3 Å². The number of hydrogen-bond acceptors (Lipinski definition) is 5. The van der Waals surface area contributed by atoms with E-state index in [1.165, 1.54) is 25.4 Å². The Morgan fingerprint density at radius 2 is 1.96 bits per heavy atom. The van der Waals surface area contributed by atoms with E-state index in [0.29, 0.717) is 12.1 Å². The Morgan fingerprint density at radius 3 is 2.61 bits per heavy atom. The lowest BCUT2D eigenvalue weighted by atomic mass is 10.2. The standard InChI is InChI=1S/C15H19N3O3S2/c1-18(2)23(20,21)9-8-16-15(19)13-11-22-14(17-13)10-12-6-4-3-5-7-12/h3-7,11H,8-10H2,1-2H3,(H,16,19). The van der Waals surface area contributed by atoms with Crippen LogP contribution in [-0.2, 0) is 16.4 Å². The van der Waals surface area contributed by atoms with Crippen LogP contribution >= 0.6 is 11.3 Å². The molecule has 0 saturated carbocycles. The summed E-state index contributed by atoms with van der Waals surface area (Å²) >= 11 is 1.42. The maximum atomic E-state index is 12.0. The Hall–Kier alpha value is -1.77. The van der Waals surface area contributed by atoms with Gasteiger partial charge in [-0.15, -0.1) is 11.3 Å². The fourth-order valence-corrected chi connectivity index (χ4v) is 3.37. The number of sulfonamides is 1. The SMILES string of the molecule is CN(C)S(=O)(=O)CCNC(=O)c1csc(Cc2ccccc2)n1. The second-order valence-electron chi connectivity index (χ2n) is 5.14. The molecule has 0 radical (unpaired) electrons. The van der Waals surface area contributed by atoms with Crippen LogP contribution in [0.4, 0.5) is 0 Å². The highest BCUT2D eigenvalue weighted by molar-refractivity contribution is 7.89. The van der Waals surface area contributed by atoms with Crippen molar-refractivity contribution in [3.8, 4) is 0 Å². The maximum Gasteiger partial charge on any atom is 0.270 e. The first-order valence-electron chi connectivity index (χ1n) is 7.05. The zero-order valence-electron chi connectivity index (χ0n) is 13.0. The molecule has 0 saturated heterocycles. The molecule has 8 heteroatoms. The van der Waals surface area contributed by atoms with Crippen LogP contribution in [0.3, 0.4) is 0 Å². The molecule has 1 heterocycles. The molecule has 0 unspecified atom stereocenters. The smallest absolute Gasteiger partial charge is 0.270 e. The maximum absolute atomic E-state index is 12.0. The van der Waals surface area contributed by atoms with Crippen LogP contribution in [0.1, 0.15) is 21.1 Å². The fourth-order valence-electron chi connectivity index (χ4n) is 1.83. The monoisotopic (exact) mass is 353 g/mol. The van der Waals surface area contributed by atoms with E-state index in [4.69, 9.17) is 0 Å². The minimum Gasteiger partial charge on any atom is -0.350 e. The molecule has 124 valence electrons. The second kappa shape index (κ2) is 7.67. The van der Waals surface area contributed by atoms with E-state index in [1.807, 2.05) is 30.3 Å². The summed E-state index contributed by atoms with van der Waals surface area (Å²) in [7, 11) is -0.379. The highest BCUT2D eigenvalue weighted by Crippen LogP contribution is 2.14. The van der Waals surface area contributed by atoms with Crippen molar-refractivity contribution in [2.75, 3.05) is 26.4 Å². The number of aromatic nitrogens is 1. The third-order valence-corrected chi connectivity index (χ3v) is 5.87. The number of nitrogens with one attached hydrogen (secondary N) is 1. The van der Waals surface area contributed by atoms with Crippen LogP contribution in [0, 0.1) is 0 Å². The van der Waals surface area contributed by atoms with Crippen molar-refractivity contribution in [3.63, 3.8) is 0 Å². The molecule has 0 atom stereocenters. The predicted octanol–water partition coefficient (Wildman–Crippen LogP) is 1.36. The molecule has 2 rings (SSSR count). The summed E-state index contributed by atoms with van der Waals surface area (Å²) in [4.78, 5) is 16.3. The van der Waals surface area contributed by atoms with Gasteiger partial charge in [0, 0.05) is 32.4 Å². The zero-order chi connectivity index (χ0) is 16.9. The van der Waals surface area contributed by atoms with Crippen LogP contribution < -0.4 is 5.32 Å². The number of rotatable bonds is 7. The summed E-state index contributed by atoms with van der Waals surface area (Å²) in [6, 6.07) is 9.88. The molecule has 0 aliphatic heterocycles. The average Bonchev–Trinajstić information content (AvgIpc) is 2.96. The molecule has 1 aromatic heterocycles. The lowest BCUT2D eigenvalue weighted by Gasteiger charge is -2.11. The summed E-state index contributed by atoms with van der Waals surface area (Å²) in [5.41, 5.74) is 1.45. The van der Waals surface area contributed by atoms with Crippen LogP contribution in [0.25, 0.3) is 0 Å². The summed E-state index contributed by atoms with van der Waals surface area (Å²) in [6.45, 7) is 0.0604. The van der Waals surface area contributed by atoms with Crippen LogP contribution in [0.2, 0.25) is 0 Å². The molecule has 23 heavy (non-hydrogen) atoms. The Balaban J connectivity index is 1.89. The Kier molecular flexibility index (Phi) is 5.86. The molecule has 0 bridgehead atoms. The lowest BCUT2D eigenvalue weighted by molar-refractivity contribution is 0.0951. The van der Waals surface area contributed by atoms with E-state index >= 15 is 0 Å². The fraction of sp³-hybridized carbons (Fsp3) is 0.333. The third-order valence-electron chi connectivity index (χ3n) is 3.18. The first kappa shape index (κ1) is 17.6. The largest absolute Gasteiger partial charge is 0.350 e. The zero-order valence-corrected chi connectivity index (χ0v) is 14.7.